The second kappa shape index (κ2) is 13.2. The van der Waals surface area contributed by atoms with Gasteiger partial charge in [-0.25, -0.2) is 9.97 Å². The standard InChI is InChI=1S/C56H40N2/c1-55(2)48-27-15-16-28-49(48)56(46-25-13-11-22-43(46)44-23-12-14-26-47(44)56)50-34-33-41(35-51(50)55)37-29-31-40(32-30-37)54-57-52(39-19-7-4-8-20-39)36-53(58-54)45-24-10-9-21-42(45)38-17-5-3-6-18-38/h3-36H,1-2H3. The molecule has 0 atom stereocenters. The molecule has 0 unspecified atom stereocenters. The summed E-state index contributed by atoms with van der Waals surface area (Å²) in [5.41, 5.74) is 19.8. The van der Waals surface area contributed by atoms with Crippen LogP contribution in [0.2, 0.25) is 0 Å². The summed E-state index contributed by atoms with van der Waals surface area (Å²) in [6, 6.07) is 74.8. The first-order valence-corrected chi connectivity index (χ1v) is 20.2. The number of hydrogen-bond acceptors (Lipinski definition) is 2. The highest BCUT2D eigenvalue weighted by molar-refractivity contribution is 5.89. The van der Waals surface area contributed by atoms with Gasteiger partial charge >= 0.3 is 0 Å². The second-order valence-corrected chi connectivity index (χ2v) is 16.1. The minimum atomic E-state index is -0.394. The van der Waals surface area contributed by atoms with Crippen molar-refractivity contribution in [1.29, 1.82) is 0 Å². The topological polar surface area (TPSA) is 25.8 Å². The molecule has 11 rings (SSSR count). The Kier molecular flexibility index (Phi) is 7.78. The normalized spacial score (nSPS) is 14.0. The SMILES string of the molecule is CC1(C)c2ccccc2C2(c3ccccc3-c3ccccc32)c2ccc(-c3ccc(-c4nc(-c5ccccc5)cc(-c5ccccc5-c5ccccc5)n4)cc3)cc21. The van der Waals surface area contributed by atoms with E-state index in [1.54, 1.807) is 0 Å². The summed E-state index contributed by atoms with van der Waals surface area (Å²) in [7, 11) is 0. The minimum Gasteiger partial charge on any atom is -0.228 e. The number of nitrogens with zero attached hydrogens (tertiary/aromatic N) is 2. The third-order valence-electron chi connectivity index (χ3n) is 12.6. The first kappa shape index (κ1) is 34.1. The van der Waals surface area contributed by atoms with Crippen molar-refractivity contribution in [3.63, 3.8) is 0 Å². The quantitative estimate of drug-likeness (QED) is 0.176. The van der Waals surface area contributed by atoms with Crippen molar-refractivity contribution >= 4 is 0 Å². The molecular formula is C56H40N2. The average Bonchev–Trinajstić information content (AvgIpc) is 3.59. The Balaban J connectivity index is 1.04. The largest absolute Gasteiger partial charge is 0.228 e. The molecule has 0 radical (unpaired) electrons. The van der Waals surface area contributed by atoms with E-state index < -0.39 is 5.41 Å². The van der Waals surface area contributed by atoms with Crippen molar-refractivity contribution in [1.82, 2.24) is 9.97 Å². The van der Waals surface area contributed by atoms with Gasteiger partial charge in [0.25, 0.3) is 0 Å². The van der Waals surface area contributed by atoms with Crippen molar-refractivity contribution in [2.24, 2.45) is 0 Å². The van der Waals surface area contributed by atoms with E-state index in [1.807, 2.05) is 6.07 Å². The Hall–Kier alpha value is -7.16. The molecule has 1 spiro atoms. The molecule has 2 aliphatic carbocycles. The van der Waals surface area contributed by atoms with Crippen molar-refractivity contribution in [3.05, 3.63) is 240 Å². The van der Waals surface area contributed by atoms with Crippen LogP contribution in [0.25, 0.3) is 67.3 Å². The van der Waals surface area contributed by atoms with E-state index in [4.69, 9.17) is 9.97 Å². The zero-order valence-corrected chi connectivity index (χ0v) is 32.5. The Morgan fingerprint density at radius 1 is 0.293 bits per heavy atom. The summed E-state index contributed by atoms with van der Waals surface area (Å²) in [6.45, 7) is 4.78. The zero-order chi connectivity index (χ0) is 38.8. The predicted molar refractivity (Wildman–Crippen MR) is 239 cm³/mol. The van der Waals surface area contributed by atoms with Gasteiger partial charge in [-0.2, -0.15) is 0 Å². The van der Waals surface area contributed by atoms with Crippen LogP contribution in [0, 0.1) is 0 Å². The van der Waals surface area contributed by atoms with E-state index >= 15 is 0 Å². The molecule has 9 aromatic rings. The summed E-state index contributed by atoms with van der Waals surface area (Å²) in [4.78, 5) is 10.4. The Labute approximate surface area is 340 Å². The fourth-order valence-electron chi connectivity index (χ4n) is 9.89. The Morgan fingerprint density at radius 2 is 0.759 bits per heavy atom. The van der Waals surface area contributed by atoms with Crippen molar-refractivity contribution in [2.45, 2.75) is 24.7 Å². The first-order valence-electron chi connectivity index (χ1n) is 20.2. The lowest BCUT2D eigenvalue weighted by Crippen LogP contribution is -2.40. The van der Waals surface area contributed by atoms with Gasteiger partial charge < -0.3 is 0 Å². The molecule has 0 saturated carbocycles. The van der Waals surface area contributed by atoms with Crippen LogP contribution in [0.15, 0.2) is 206 Å². The highest BCUT2D eigenvalue weighted by Gasteiger charge is 2.53. The van der Waals surface area contributed by atoms with Gasteiger partial charge in [0.2, 0.25) is 0 Å². The smallest absolute Gasteiger partial charge is 0.160 e. The summed E-state index contributed by atoms with van der Waals surface area (Å²) in [5.74, 6) is 0.703. The van der Waals surface area contributed by atoms with Gasteiger partial charge in [-0.05, 0) is 78.9 Å². The molecule has 1 aromatic heterocycles. The van der Waals surface area contributed by atoms with Gasteiger partial charge in [-0.3, -0.25) is 0 Å². The van der Waals surface area contributed by atoms with Crippen LogP contribution in [0.4, 0.5) is 0 Å². The highest BCUT2D eigenvalue weighted by atomic mass is 14.9. The van der Waals surface area contributed by atoms with Crippen molar-refractivity contribution in [2.75, 3.05) is 0 Å². The van der Waals surface area contributed by atoms with Crippen LogP contribution in [-0.2, 0) is 10.8 Å². The maximum atomic E-state index is 5.25. The fourth-order valence-corrected chi connectivity index (χ4v) is 9.89. The molecule has 1 heterocycles. The van der Waals surface area contributed by atoms with Crippen LogP contribution < -0.4 is 0 Å². The molecule has 0 N–H and O–H groups in total. The van der Waals surface area contributed by atoms with E-state index in [0.717, 1.165) is 44.8 Å². The lowest BCUT2D eigenvalue weighted by atomic mass is 9.55. The predicted octanol–water partition coefficient (Wildman–Crippen LogP) is 13.8. The van der Waals surface area contributed by atoms with Gasteiger partial charge in [-0.1, -0.05) is 208 Å². The lowest BCUT2D eigenvalue weighted by Gasteiger charge is -2.46. The number of rotatable bonds is 5. The third-order valence-corrected chi connectivity index (χ3v) is 12.6. The molecule has 0 fully saturated rings. The number of aromatic nitrogens is 2. The molecule has 2 nitrogen and oxygen atoms in total. The van der Waals surface area contributed by atoms with E-state index in [-0.39, 0.29) is 5.41 Å². The molecular weight excluding hydrogens is 701 g/mol. The maximum Gasteiger partial charge on any atom is 0.160 e. The van der Waals surface area contributed by atoms with Gasteiger partial charge in [0.15, 0.2) is 5.82 Å². The Bertz CT molecular complexity index is 2970. The van der Waals surface area contributed by atoms with E-state index in [2.05, 4.69) is 214 Å². The maximum absolute atomic E-state index is 5.25. The van der Waals surface area contributed by atoms with E-state index in [9.17, 15) is 0 Å². The zero-order valence-electron chi connectivity index (χ0n) is 32.5. The van der Waals surface area contributed by atoms with Crippen molar-refractivity contribution in [3.8, 4) is 67.3 Å². The summed E-state index contributed by atoms with van der Waals surface area (Å²) in [5, 5.41) is 0. The molecule has 0 aliphatic heterocycles. The molecule has 0 bridgehead atoms. The lowest BCUT2D eigenvalue weighted by molar-refractivity contribution is 0.563. The summed E-state index contributed by atoms with van der Waals surface area (Å²) >= 11 is 0. The van der Waals surface area contributed by atoms with Gasteiger partial charge in [-0.15, -0.1) is 0 Å². The van der Waals surface area contributed by atoms with Crippen LogP contribution in [-0.4, -0.2) is 9.97 Å². The molecule has 58 heavy (non-hydrogen) atoms. The van der Waals surface area contributed by atoms with Gasteiger partial charge in [0.1, 0.15) is 0 Å². The van der Waals surface area contributed by atoms with Gasteiger partial charge in [0, 0.05) is 22.1 Å². The molecule has 0 saturated heterocycles. The fraction of sp³-hybridized carbons (Fsp3) is 0.0714. The van der Waals surface area contributed by atoms with Crippen molar-refractivity contribution < 1.29 is 0 Å². The number of hydrogen-bond donors (Lipinski definition) is 0. The van der Waals surface area contributed by atoms with Gasteiger partial charge in [0.05, 0.1) is 16.8 Å². The molecule has 8 aromatic carbocycles. The minimum absolute atomic E-state index is 0.211. The van der Waals surface area contributed by atoms with E-state index in [0.29, 0.717) is 5.82 Å². The summed E-state index contributed by atoms with van der Waals surface area (Å²) < 4.78 is 0. The average molecular weight is 741 g/mol. The van der Waals surface area contributed by atoms with Crippen LogP contribution >= 0.6 is 0 Å². The number of fused-ring (bicyclic) bond motifs is 9. The van der Waals surface area contributed by atoms with Crippen LogP contribution in [0.1, 0.15) is 47.2 Å². The third kappa shape index (κ3) is 5.11. The summed E-state index contributed by atoms with van der Waals surface area (Å²) in [6.07, 6.45) is 0. The Morgan fingerprint density at radius 3 is 1.41 bits per heavy atom. The van der Waals surface area contributed by atoms with Crippen LogP contribution in [0.3, 0.4) is 0 Å². The number of benzene rings is 8. The molecule has 2 heteroatoms. The second-order valence-electron chi connectivity index (χ2n) is 16.1. The molecule has 0 amide bonds. The highest BCUT2D eigenvalue weighted by Crippen LogP contribution is 2.62. The molecule has 2 aliphatic rings. The molecule has 274 valence electrons. The van der Waals surface area contributed by atoms with Crippen LogP contribution in [0.5, 0.6) is 0 Å². The first-order chi connectivity index (χ1) is 28.5. The monoisotopic (exact) mass is 740 g/mol. The van der Waals surface area contributed by atoms with E-state index in [1.165, 1.54) is 50.1 Å².